The normalized spacial score (nSPS) is 18.7. The maximum atomic E-state index is 13.2. The maximum Gasteiger partial charge on any atom is 0.387 e. The summed E-state index contributed by atoms with van der Waals surface area (Å²) in [7, 11) is 1.54. The van der Waals surface area contributed by atoms with Crippen molar-refractivity contribution in [1.29, 1.82) is 0 Å². The molecule has 1 heterocycles. The third kappa shape index (κ3) is 3.90. The molecule has 6 nitrogen and oxygen atoms in total. The van der Waals surface area contributed by atoms with E-state index in [9.17, 15) is 13.6 Å². The number of aliphatic imine (C=N–C) groups is 1. The van der Waals surface area contributed by atoms with E-state index in [0.29, 0.717) is 30.5 Å². The van der Waals surface area contributed by atoms with E-state index >= 15 is 0 Å². The number of carbonyl (C=O) groups is 1. The minimum absolute atomic E-state index is 0.0115. The van der Waals surface area contributed by atoms with E-state index in [1.165, 1.54) is 36.2 Å². The topological polar surface area (TPSA) is 72.3 Å². The average Bonchev–Trinajstić information content (AvgIpc) is 2.93. The minimum atomic E-state index is -2.94. The monoisotopic (exact) mass is 398 g/mol. The predicted octanol–water partition coefficient (Wildman–Crippen LogP) is 3.17. The number of benzene rings is 2. The first-order chi connectivity index (χ1) is 13.9. The number of rotatable bonds is 7. The van der Waals surface area contributed by atoms with Crippen molar-refractivity contribution in [3.63, 3.8) is 0 Å². The number of carbonyl (C=O) groups excluding carboxylic acids is 1. The molecule has 150 valence electrons. The molecule has 8 heteroatoms. The number of halogens is 2. The molecule has 0 aromatic heterocycles. The Morgan fingerprint density at radius 1 is 1.24 bits per heavy atom. The van der Waals surface area contributed by atoms with Crippen molar-refractivity contribution < 1.29 is 18.3 Å². The van der Waals surface area contributed by atoms with Crippen LogP contribution in [-0.2, 0) is 16.8 Å². The number of hydrogen-bond acceptors (Lipinski definition) is 4. The van der Waals surface area contributed by atoms with Gasteiger partial charge in [0.25, 0.3) is 5.91 Å². The lowest BCUT2D eigenvalue weighted by Crippen LogP contribution is -2.41. The first-order valence-corrected chi connectivity index (χ1v) is 9.00. The van der Waals surface area contributed by atoms with Crippen LogP contribution in [0.3, 0.4) is 0 Å². The molecule has 0 aliphatic carbocycles. The standard InChI is InChI=1S/C21H20F2N4O2/c1-25-12-4-6-14-5-3-7-16(13-14)21(18(28)27(2)20(24)26-21)15-8-10-17(11-9-15)29-19(22)23/h3,5,7-11,13,19H,4,6,12H2,2H3,(H2,24,26). The Balaban J connectivity index is 2.06. The van der Waals surface area contributed by atoms with Crippen LogP contribution in [0.25, 0.3) is 4.85 Å². The molecule has 1 atom stereocenters. The largest absolute Gasteiger partial charge is 0.435 e. The lowest BCUT2D eigenvalue weighted by Gasteiger charge is -2.26. The van der Waals surface area contributed by atoms with Gasteiger partial charge in [-0.1, -0.05) is 36.4 Å². The van der Waals surface area contributed by atoms with Crippen LogP contribution in [0.5, 0.6) is 5.75 Å². The Bertz CT molecular complexity index is 969. The number of guanidine groups is 1. The van der Waals surface area contributed by atoms with E-state index in [4.69, 9.17) is 12.3 Å². The highest BCUT2D eigenvalue weighted by Gasteiger charge is 2.49. The van der Waals surface area contributed by atoms with Gasteiger partial charge in [0.2, 0.25) is 6.54 Å². The van der Waals surface area contributed by atoms with Gasteiger partial charge in [-0.05, 0) is 35.2 Å². The van der Waals surface area contributed by atoms with Crippen LogP contribution in [0.4, 0.5) is 8.78 Å². The molecular weight excluding hydrogens is 378 g/mol. The van der Waals surface area contributed by atoms with Crippen molar-refractivity contribution in [2.75, 3.05) is 13.6 Å². The summed E-state index contributed by atoms with van der Waals surface area (Å²) < 4.78 is 29.3. The highest BCUT2D eigenvalue weighted by atomic mass is 19.3. The molecule has 3 rings (SSSR count). The van der Waals surface area contributed by atoms with Crippen LogP contribution in [0.1, 0.15) is 23.1 Å². The van der Waals surface area contributed by atoms with Gasteiger partial charge in [-0.15, -0.1) is 0 Å². The lowest BCUT2D eigenvalue weighted by molar-refractivity contribution is -0.129. The maximum absolute atomic E-state index is 13.2. The average molecular weight is 398 g/mol. The molecule has 0 radical (unpaired) electrons. The number of hydrogen-bond donors (Lipinski definition) is 1. The molecule has 0 bridgehead atoms. The molecule has 2 N–H and O–H groups in total. The first-order valence-electron chi connectivity index (χ1n) is 9.00. The summed E-state index contributed by atoms with van der Waals surface area (Å²) in [5, 5.41) is 0. The zero-order valence-corrected chi connectivity index (χ0v) is 15.8. The molecule has 1 amide bonds. The van der Waals surface area contributed by atoms with Crippen LogP contribution >= 0.6 is 0 Å². The summed E-state index contributed by atoms with van der Waals surface area (Å²) in [6.45, 7) is 4.40. The Labute approximate surface area is 167 Å². The summed E-state index contributed by atoms with van der Waals surface area (Å²) in [5.74, 6) is -0.278. The number of aryl methyl sites for hydroxylation is 1. The van der Waals surface area contributed by atoms with E-state index in [1.54, 1.807) is 6.07 Å². The van der Waals surface area contributed by atoms with Crippen molar-refractivity contribution in [2.24, 2.45) is 10.7 Å². The van der Waals surface area contributed by atoms with Crippen LogP contribution in [-0.4, -0.2) is 37.0 Å². The quantitative estimate of drug-likeness (QED) is 0.575. The van der Waals surface area contributed by atoms with Gasteiger partial charge in [0.15, 0.2) is 11.5 Å². The van der Waals surface area contributed by atoms with Gasteiger partial charge in [0.05, 0.1) is 0 Å². The van der Waals surface area contributed by atoms with Gasteiger partial charge in [0, 0.05) is 13.5 Å². The second-order valence-corrected chi connectivity index (χ2v) is 6.63. The highest BCUT2D eigenvalue weighted by molar-refractivity contribution is 6.08. The molecular formula is C21H20F2N4O2. The van der Waals surface area contributed by atoms with Crippen LogP contribution in [0.15, 0.2) is 53.5 Å². The molecule has 0 fully saturated rings. The van der Waals surface area contributed by atoms with Crippen LogP contribution < -0.4 is 10.5 Å². The van der Waals surface area contributed by atoms with Crippen molar-refractivity contribution in [3.8, 4) is 5.75 Å². The van der Waals surface area contributed by atoms with E-state index in [-0.39, 0.29) is 17.6 Å². The van der Waals surface area contributed by atoms with Crippen molar-refractivity contribution in [3.05, 3.63) is 76.6 Å². The lowest BCUT2D eigenvalue weighted by atomic mass is 9.82. The van der Waals surface area contributed by atoms with Gasteiger partial charge in [-0.3, -0.25) is 9.69 Å². The number of ether oxygens (including phenoxy) is 1. The molecule has 1 aliphatic rings. The summed E-state index contributed by atoms with van der Waals surface area (Å²) >= 11 is 0. The Hall–Kier alpha value is -3.47. The van der Waals surface area contributed by atoms with E-state index in [1.807, 2.05) is 18.2 Å². The predicted molar refractivity (Wildman–Crippen MR) is 104 cm³/mol. The molecule has 2 aromatic rings. The molecule has 1 unspecified atom stereocenters. The zero-order valence-electron chi connectivity index (χ0n) is 15.8. The summed E-state index contributed by atoms with van der Waals surface area (Å²) in [5.41, 5.74) is 6.63. The molecule has 0 saturated carbocycles. The summed E-state index contributed by atoms with van der Waals surface area (Å²) in [4.78, 5) is 22.3. The Morgan fingerprint density at radius 3 is 2.55 bits per heavy atom. The molecule has 0 saturated heterocycles. The Morgan fingerprint density at radius 2 is 1.97 bits per heavy atom. The minimum Gasteiger partial charge on any atom is -0.435 e. The SMILES string of the molecule is [C-]#[N+]CCCc1cccc(C2(c3ccc(OC(F)F)cc3)N=C(N)N(C)C2=O)c1. The van der Waals surface area contributed by atoms with Gasteiger partial charge in [-0.2, -0.15) is 8.78 Å². The Kier molecular flexibility index (Phi) is 5.78. The fraction of sp³-hybridized carbons (Fsp3) is 0.286. The number of likely N-dealkylation sites (N-methyl/N-ethyl adjacent to an activating group) is 1. The van der Waals surface area contributed by atoms with Crippen LogP contribution in [0.2, 0.25) is 0 Å². The number of alkyl halides is 2. The number of nitrogens with zero attached hydrogens (tertiary/aromatic N) is 3. The van der Waals surface area contributed by atoms with Gasteiger partial charge in [-0.25, -0.2) is 11.6 Å². The van der Waals surface area contributed by atoms with Crippen molar-refractivity contribution >= 4 is 11.9 Å². The number of amides is 1. The first kappa shape index (κ1) is 20.3. The van der Waals surface area contributed by atoms with Crippen molar-refractivity contribution in [2.45, 2.75) is 25.0 Å². The second-order valence-electron chi connectivity index (χ2n) is 6.63. The van der Waals surface area contributed by atoms with E-state index in [0.717, 1.165) is 5.56 Å². The van der Waals surface area contributed by atoms with Gasteiger partial charge >= 0.3 is 6.61 Å². The van der Waals surface area contributed by atoms with Gasteiger partial charge < -0.3 is 15.3 Å². The zero-order chi connectivity index (χ0) is 21.0. The molecule has 29 heavy (non-hydrogen) atoms. The third-order valence-corrected chi connectivity index (χ3v) is 4.82. The highest BCUT2D eigenvalue weighted by Crippen LogP contribution is 2.40. The number of nitrogens with two attached hydrogens (primary N) is 1. The van der Waals surface area contributed by atoms with E-state index < -0.39 is 12.2 Å². The molecule has 2 aromatic carbocycles. The summed E-state index contributed by atoms with van der Waals surface area (Å²) in [6, 6.07) is 13.2. The fourth-order valence-corrected chi connectivity index (χ4v) is 3.38. The second kappa shape index (κ2) is 8.27. The van der Waals surface area contributed by atoms with Gasteiger partial charge in [0.1, 0.15) is 5.75 Å². The smallest absolute Gasteiger partial charge is 0.387 e. The van der Waals surface area contributed by atoms with E-state index in [2.05, 4.69) is 14.6 Å². The summed E-state index contributed by atoms with van der Waals surface area (Å²) in [6.07, 6.45) is 1.40. The van der Waals surface area contributed by atoms with Crippen LogP contribution in [0, 0.1) is 6.57 Å². The third-order valence-electron chi connectivity index (χ3n) is 4.82. The van der Waals surface area contributed by atoms with Crippen molar-refractivity contribution in [1.82, 2.24) is 4.90 Å². The molecule has 1 aliphatic heterocycles. The fourth-order valence-electron chi connectivity index (χ4n) is 3.38. The molecule has 0 spiro atoms.